The van der Waals surface area contributed by atoms with Crippen molar-refractivity contribution in [2.24, 2.45) is 5.92 Å². The molecule has 0 aliphatic carbocycles. The Labute approximate surface area is 143 Å². The predicted octanol–water partition coefficient (Wildman–Crippen LogP) is 3.86. The van der Waals surface area contributed by atoms with Gasteiger partial charge in [0.2, 0.25) is 0 Å². The fourth-order valence-corrected chi connectivity index (χ4v) is 3.16. The minimum atomic E-state index is -4.60. The second-order valence-electron chi connectivity index (χ2n) is 5.57. The molecule has 8 heteroatoms. The summed E-state index contributed by atoms with van der Waals surface area (Å²) in [6.45, 7) is 2.05. The number of methoxy groups -OCH3 is 1. The zero-order chi connectivity index (χ0) is 17.7. The van der Waals surface area contributed by atoms with Gasteiger partial charge in [0.05, 0.1) is 24.8 Å². The van der Waals surface area contributed by atoms with Crippen molar-refractivity contribution in [1.82, 2.24) is 4.31 Å². The fourth-order valence-electron chi connectivity index (χ4n) is 2.59. The maximum atomic E-state index is 13.2. The van der Waals surface area contributed by atoms with Crippen molar-refractivity contribution in [2.75, 3.05) is 33.1 Å². The van der Waals surface area contributed by atoms with Crippen molar-refractivity contribution in [1.29, 1.82) is 0 Å². The van der Waals surface area contributed by atoms with E-state index in [2.05, 4.69) is 9.04 Å². The molecule has 1 aromatic carbocycles. The highest BCUT2D eigenvalue weighted by molar-refractivity contribution is 7.96. The monoisotopic (exact) mass is 363 g/mol. The molecule has 1 aromatic rings. The first kappa shape index (κ1) is 18.9. The second kappa shape index (κ2) is 8.11. The van der Waals surface area contributed by atoms with Crippen LogP contribution in [0, 0.1) is 5.92 Å². The number of hydrogen-bond donors (Lipinski definition) is 0. The molecule has 1 aliphatic heterocycles. The van der Waals surface area contributed by atoms with E-state index in [4.69, 9.17) is 4.74 Å². The highest BCUT2D eigenvalue weighted by Crippen LogP contribution is 2.37. The summed E-state index contributed by atoms with van der Waals surface area (Å²) in [4.78, 5) is 11.4. The molecule has 4 nitrogen and oxygen atoms in total. The van der Waals surface area contributed by atoms with Crippen LogP contribution >= 0.6 is 11.9 Å². The van der Waals surface area contributed by atoms with Crippen molar-refractivity contribution in [3.05, 3.63) is 29.3 Å². The van der Waals surface area contributed by atoms with Crippen molar-refractivity contribution in [2.45, 2.75) is 19.0 Å². The summed E-state index contributed by atoms with van der Waals surface area (Å²) >= 11 is 1.67. The topological polar surface area (TPSA) is 38.8 Å². The van der Waals surface area contributed by atoms with Crippen LogP contribution in [0.15, 0.2) is 18.2 Å². The van der Waals surface area contributed by atoms with Crippen molar-refractivity contribution in [3.63, 3.8) is 0 Å². The molecule has 0 N–H and O–H groups in total. The highest BCUT2D eigenvalue weighted by atomic mass is 32.2. The van der Waals surface area contributed by atoms with Gasteiger partial charge in [-0.2, -0.15) is 13.2 Å². The zero-order valence-corrected chi connectivity index (χ0v) is 14.4. The van der Waals surface area contributed by atoms with Crippen molar-refractivity contribution < 1.29 is 27.4 Å². The number of carbonyl (C=O) groups excluding carboxylic acids is 1. The molecule has 1 saturated heterocycles. The summed E-state index contributed by atoms with van der Waals surface area (Å²) in [6.07, 6.45) is -0.804. The minimum Gasteiger partial charge on any atom is -0.493 e. The van der Waals surface area contributed by atoms with E-state index >= 15 is 0 Å². The number of hydrogen-bond acceptors (Lipinski definition) is 5. The molecule has 134 valence electrons. The molecule has 0 amide bonds. The normalized spacial score (nSPS) is 16.9. The Morgan fingerprint density at radius 1 is 1.33 bits per heavy atom. The Morgan fingerprint density at radius 2 is 2.00 bits per heavy atom. The maximum Gasteiger partial charge on any atom is 0.419 e. The molecule has 0 aromatic heterocycles. The zero-order valence-electron chi connectivity index (χ0n) is 13.6. The number of halogens is 3. The van der Waals surface area contributed by atoms with Crippen LogP contribution in [-0.4, -0.2) is 43.3 Å². The summed E-state index contributed by atoms with van der Waals surface area (Å²) < 4.78 is 51.8. The van der Waals surface area contributed by atoms with Gasteiger partial charge in [0.25, 0.3) is 0 Å². The Bertz CT molecular complexity index is 572. The van der Waals surface area contributed by atoms with Crippen molar-refractivity contribution >= 4 is 17.9 Å². The first-order chi connectivity index (χ1) is 11.3. The predicted molar refractivity (Wildman–Crippen MR) is 86.1 cm³/mol. The molecule has 1 heterocycles. The van der Waals surface area contributed by atoms with Gasteiger partial charge in [-0.1, -0.05) is 11.9 Å². The van der Waals surface area contributed by atoms with E-state index in [9.17, 15) is 18.0 Å². The third-order valence-electron chi connectivity index (χ3n) is 4.01. The van der Waals surface area contributed by atoms with Gasteiger partial charge in [-0.05, 0) is 43.2 Å². The van der Waals surface area contributed by atoms with E-state index in [1.165, 1.54) is 12.1 Å². The van der Waals surface area contributed by atoms with E-state index < -0.39 is 17.7 Å². The standard InChI is InChI=1S/C16H20F3NO3S/c1-22-15(21)12-3-4-14(13(9-12)16(17,18)19)23-10-11-5-7-20(24-2)8-6-11/h3-4,9,11H,5-8,10H2,1-2H3. The van der Waals surface area contributed by atoms with Crippen LogP contribution < -0.4 is 4.74 Å². The van der Waals surface area contributed by atoms with Crippen LogP contribution in [0.4, 0.5) is 13.2 Å². The lowest BCUT2D eigenvalue weighted by Crippen LogP contribution is -2.31. The summed E-state index contributed by atoms with van der Waals surface area (Å²) in [6, 6.07) is 3.25. The summed E-state index contributed by atoms with van der Waals surface area (Å²) in [7, 11) is 1.13. The third-order valence-corrected chi connectivity index (χ3v) is 4.89. The highest BCUT2D eigenvalue weighted by Gasteiger charge is 2.35. The quantitative estimate of drug-likeness (QED) is 0.587. The maximum absolute atomic E-state index is 13.2. The van der Waals surface area contributed by atoms with E-state index in [-0.39, 0.29) is 23.8 Å². The van der Waals surface area contributed by atoms with Gasteiger partial charge in [0, 0.05) is 13.1 Å². The molecule has 0 saturated carbocycles. The summed E-state index contributed by atoms with van der Waals surface area (Å²) in [5.41, 5.74) is -1.10. The molecule has 0 bridgehead atoms. The molecule has 1 aliphatic rings. The Balaban J connectivity index is 2.08. The van der Waals surface area contributed by atoms with Crippen LogP contribution in [0.25, 0.3) is 0 Å². The first-order valence-electron chi connectivity index (χ1n) is 7.56. The van der Waals surface area contributed by atoms with Gasteiger partial charge in [-0.25, -0.2) is 4.79 Å². The Hall–Kier alpha value is -1.41. The van der Waals surface area contributed by atoms with Crippen molar-refractivity contribution in [3.8, 4) is 5.75 Å². The fraction of sp³-hybridized carbons (Fsp3) is 0.562. The van der Waals surface area contributed by atoms with Crippen LogP contribution in [0.1, 0.15) is 28.8 Å². The molecule has 0 atom stereocenters. The van der Waals surface area contributed by atoms with Gasteiger partial charge >= 0.3 is 12.1 Å². The third kappa shape index (κ3) is 4.80. The Morgan fingerprint density at radius 3 is 2.54 bits per heavy atom. The number of nitrogens with zero attached hydrogens (tertiary/aromatic N) is 1. The minimum absolute atomic E-state index is 0.148. The average Bonchev–Trinajstić information content (AvgIpc) is 2.58. The van der Waals surface area contributed by atoms with E-state index in [0.717, 1.165) is 39.1 Å². The van der Waals surface area contributed by atoms with Crippen LogP contribution in [-0.2, 0) is 10.9 Å². The number of carbonyl (C=O) groups is 1. The number of esters is 1. The number of piperidine rings is 1. The van der Waals surface area contributed by atoms with Gasteiger partial charge in [0.1, 0.15) is 5.75 Å². The van der Waals surface area contributed by atoms with Gasteiger partial charge < -0.3 is 9.47 Å². The summed E-state index contributed by atoms with van der Waals surface area (Å²) in [5, 5.41) is 0. The average molecular weight is 363 g/mol. The molecule has 0 unspecified atom stereocenters. The largest absolute Gasteiger partial charge is 0.493 e. The van der Waals surface area contributed by atoms with Gasteiger partial charge in [-0.3, -0.25) is 4.31 Å². The van der Waals surface area contributed by atoms with E-state index in [0.29, 0.717) is 0 Å². The van der Waals surface area contributed by atoms with Gasteiger partial charge in [-0.15, -0.1) is 0 Å². The second-order valence-corrected chi connectivity index (χ2v) is 6.45. The van der Waals surface area contributed by atoms with E-state index in [1.807, 2.05) is 6.26 Å². The van der Waals surface area contributed by atoms with E-state index in [1.54, 1.807) is 11.9 Å². The molecule has 2 rings (SSSR count). The van der Waals surface area contributed by atoms with Crippen LogP contribution in [0.2, 0.25) is 0 Å². The lowest BCUT2D eigenvalue weighted by atomic mass is 9.99. The molecule has 24 heavy (non-hydrogen) atoms. The number of benzene rings is 1. The SMILES string of the molecule is COC(=O)c1ccc(OCC2CCN(SC)CC2)c(C(F)(F)F)c1. The number of rotatable bonds is 5. The smallest absolute Gasteiger partial charge is 0.419 e. The Kier molecular flexibility index (Phi) is 6.40. The molecular formula is C16H20F3NO3S. The number of alkyl halides is 3. The first-order valence-corrected chi connectivity index (χ1v) is 8.74. The molecule has 0 radical (unpaired) electrons. The molecular weight excluding hydrogens is 343 g/mol. The van der Waals surface area contributed by atoms with Crippen LogP contribution in [0.3, 0.4) is 0 Å². The van der Waals surface area contributed by atoms with Gasteiger partial charge in [0.15, 0.2) is 0 Å². The lowest BCUT2D eigenvalue weighted by molar-refractivity contribution is -0.139. The van der Waals surface area contributed by atoms with Crippen LogP contribution in [0.5, 0.6) is 5.75 Å². The molecule has 0 spiro atoms. The molecule has 1 fully saturated rings. The summed E-state index contributed by atoms with van der Waals surface area (Å²) in [5.74, 6) is -0.825. The number of ether oxygens (including phenoxy) is 2. The lowest BCUT2D eigenvalue weighted by Gasteiger charge is -2.30.